The third kappa shape index (κ3) is 5.08. The molecule has 0 unspecified atom stereocenters. The molecule has 13 rings (SSSR count). The standard InChI is InChI=1S/C55H28B5NOS2/c56-49-48(50(57)52(59)53(60)51(49)58)35-14-9-22-45-47(35)36-27-29(24-26-44(36)63-45)61(30-23-25-34-33-13-3-8-21-43(33)64-46(34)28-30)41-19-10-18-40-54(41)62-42-20-7-6-17-39(42)55(40)37-15-4-1-11-31(37)32-12-2-5-16-38(32)55/h1-28H. The number of hydrogen-bond acceptors (Lipinski definition) is 4. The van der Waals surface area contributed by atoms with Gasteiger partial charge >= 0.3 is 0 Å². The molecule has 0 fully saturated rings. The van der Waals surface area contributed by atoms with E-state index in [4.69, 9.17) is 44.0 Å². The van der Waals surface area contributed by atoms with E-state index in [1.54, 1.807) is 22.7 Å². The smallest absolute Gasteiger partial charge is 0.156 e. The fourth-order valence-electron chi connectivity index (χ4n) is 10.6. The van der Waals surface area contributed by atoms with Crippen LogP contribution in [0.3, 0.4) is 0 Å². The SMILES string of the molecule is [B]c1c([B])c([B])c(-c2cccc3sc4ccc(N(c5ccc6c(c5)sc5ccccc56)c5cccc6c5Oc5ccccc5C65c6ccccc6-c6ccccc65)cc4c23)c([B])c1[B]. The fraction of sp³-hybridized carbons (Fsp3) is 0.0182. The van der Waals surface area contributed by atoms with Crippen molar-refractivity contribution in [2.75, 3.05) is 4.90 Å². The second-order valence-electron chi connectivity index (χ2n) is 16.6. The molecule has 286 valence electrons. The first-order chi connectivity index (χ1) is 31.3. The first-order valence-electron chi connectivity index (χ1n) is 21.1. The topological polar surface area (TPSA) is 12.5 Å². The zero-order chi connectivity index (χ0) is 43.0. The van der Waals surface area contributed by atoms with Crippen LogP contribution in [0.1, 0.15) is 22.3 Å². The molecule has 0 atom stereocenters. The highest BCUT2D eigenvalue weighted by Gasteiger charge is 2.51. The number of rotatable bonds is 4. The molecule has 2 aromatic heterocycles. The minimum absolute atomic E-state index is 0.192. The van der Waals surface area contributed by atoms with Gasteiger partial charge in [-0.3, -0.25) is 0 Å². The molecule has 1 aliphatic carbocycles. The van der Waals surface area contributed by atoms with Crippen molar-refractivity contribution in [3.05, 3.63) is 192 Å². The Morgan fingerprint density at radius 2 is 0.953 bits per heavy atom. The summed E-state index contributed by atoms with van der Waals surface area (Å²) in [5.41, 5.74) is 12.1. The van der Waals surface area contributed by atoms with Crippen molar-refractivity contribution in [3.8, 4) is 33.8 Å². The molecular weight excluding hydrogens is 809 g/mol. The second-order valence-corrected chi connectivity index (χ2v) is 18.8. The summed E-state index contributed by atoms with van der Waals surface area (Å²) in [6, 6.07) is 61.1. The van der Waals surface area contributed by atoms with Crippen molar-refractivity contribution in [1.82, 2.24) is 0 Å². The molecular formula is C55H28B5NOS2. The lowest BCUT2D eigenvalue weighted by Gasteiger charge is -2.41. The van der Waals surface area contributed by atoms with Crippen LogP contribution in [0.15, 0.2) is 170 Å². The van der Waals surface area contributed by atoms with Gasteiger partial charge < -0.3 is 9.64 Å². The van der Waals surface area contributed by atoms with E-state index in [0.717, 1.165) is 65.4 Å². The summed E-state index contributed by atoms with van der Waals surface area (Å²) in [5.74, 6) is 1.63. The van der Waals surface area contributed by atoms with Gasteiger partial charge in [-0.1, -0.05) is 126 Å². The summed E-state index contributed by atoms with van der Waals surface area (Å²) in [5, 5.41) is 4.52. The predicted molar refractivity (Wildman–Crippen MR) is 277 cm³/mol. The van der Waals surface area contributed by atoms with E-state index in [-0.39, 0.29) is 16.4 Å². The highest BCUT2D eigenvalue weighted by molar-refractivity contribution is 7.26. The number of hydrogen-bond donors (Lipinski definition) is 0. The largest absolute Gasteiger partial charge is 0.454 e. The van der Waals surface area contributed by atoms with Gasteiger partial charge in [-0.15, -0.1) is 39.1 Å². The maximum absolute atomic E-state index is 7.26. The number of anilines is 3. The van der Waals surface area contributed by atoms with Gasteiger partial charge in [0.25, 0.3) is 0 Å². The van der Waals surface area contributed by atoms with Crippen molar-refractivity contribution >= 4 is 147 Å². The van der Waals surface area contributed by atoms with Crippen LogP contribution in [0.2, 0.25) is 0 Å². The highest BCUT2D eigenvalue weighted by atomic mass is 32.1. The van der Waals surface area contributed by atoms with E-state index in [2.05, 4.69) is 163 Å². The van der Waals surface area contributed by atoms with Crippen LogP contribution in [-0.4, -0.2) is 39.2 Å². The van der Waals surface area contributed by atoms with Crippen molar-refractivity contribution < 1.29 is 4.74 Å². The van der Waals surface area contributed by atoms with E-state index in [0.29, 0.717) is 16.5 Å². The third-order valence-electron chi connectivity index (χ3n) is 13.4. The van der Waals surface area contributed by atoms with Crippen molar-refractivity contribution in [3.63, 3.8) is 0 Å². The molecule has 3 heterocycles. The molecule has 1 aliphatic heterocycles. The molecule has 0 saturated heterocycles. The molecule has 11 aromatic rings. The molecule has 0 amide bonds. The number of ether oxygens (including phenoxy) is 1. The molecule has 0 N–H and O–H groups in total. The molecule has 9 aromatic carbocycles. The second kappa shape index (κ2) is 13.9. The molecule has 2 nitrogen and oxygen atoms in total. The Balaban J connectivity index is 1.11. The molecule has 2 aliphatic rings. The van der Waals surface area contributed by atoms with Gasteiger partial charge in [0.1, 0.15) is 45.0 Å². The quantitative estimate of drug-likeness (QED) is 0.164. The Labute approximate surface area is 385 Å². The van der Waals surface area contributed by atoms with Crippen LogP contribution in [-0.2, 0) is 5.41 Å². The lowest BCUT2D eigenvalue weighted by molar-refractivity contribution is 0.437. The molecule has 64 heavy (non-hydrogen) atoms. The lowest BCUT2D eigenvalue weighted by Crippen LogP contribution is -2.55. The van der Waals surface area contributed by atoms with Crippen molar-refractivity contribution in [2.24, 2.45) is 0 Å². The van der Waals surface area contributed by atoms with E-state index in [9.17, 15) is 0 Å². The van der Waals surface area contributed by atoms with E-state index in [1.165, 1.54) is 42.4 Å². The number of nitrogens with zero attached hydrogens (tertiary/aromatic N) is 1. The van der Waals surface area contributed by atoms with Gasteiger partial charge in [0, 0.05) is 62.8 Å². The van der Waals surface area contributed by atoms with Gasteiger partial charge in [0.05, 0.1) is 11.1 Å². The van der Waals surface area contributed by atoms with Gasteiger partial charge in [-0.2, -0.15) is 0 Å². The van der Waals surface area contributed by atoms with Crippen LogP contribution in [0.4, 0.5) is 17.1 Å². The van der Waals surface area contributed by atoms with E-state index >= 15 is 0 Å². The van der Waals surface area contributed by atoms with Crippen LogP contribution in [0.5, 0.6) is 11.5 Å². The number of fused-ring (bicyclic) bond motifs is 15. The van der Waals surface area contributed by atoms with E-state index in [1.807, 2.05) is 12.1 Å². The molecule has 10 radical (unpaired) electrons. The summed E-state index contributed by atoms with van der Waals surface area (Å²) >= 11 is 3.52. The summed E-state index contributed by atoms with van der Waals surface area (Å²) in [7, 11) is 32.7. The first-order valence-corrected chi connectivity index (χ1v) is 22.7. The molecule has 0 saturated carbocycles. The Morgan fingerprint density at radius 1 is 0.406 bits per heavy atom. The highest BCUT2D eigenvalue weighted by Crippen LogP contribution is 2.64. The molecule has 9 heteroatoms. The van der Waals surface area contributed by atoms with Gasteiger partial charge in [-0.05, 0) is 88.0 Å². The van der Waals surface area contributed by atoms with Gasteiger partial charge in [0.2, 0.25) is 0 Å². The summed E-state index contributed by atoms with van der Waals surface area (Å²) in [4.78, 5) is 2.35. The summed E-state index contributed by atoms with van der Waals surface area (Å²) < 4.78 is 11.9. The van der Waals surface area contributed by atoms with Gasteiger partial charge in [0.15, 0.2) is 5.75 Å². The Hall–Kier alpha value is -6.66. The minimum atomic E-state index is -0.625. The number of para-hydroxylation sites is 2. The minimum Gasteiger partial charge on any atom is -0.454 e. The Kier molecular flexibility index (Phi) is 8.23. The molecule has 0 bridgehead atoms. The predicted octanol–water partition coefficient (Wildman–Crippen LogP) is 10.00. The molecule has 1 spiro atoms. The monoisotopic (exact) mass is 837 g/mol. The zero-order valence-electron chi connectivity index (χ0n) is 34.2. The lowest BCUT2D eigenvalue weighted by atomic mass is 9.59. The van der Waals surface area contributed by atoms with Crippen molar-refractivity contribution in [2.45, 2.75) is 5.41 Å². The van der Waals surface area contributed by atoms with Crippen LogP contribution in [0.25, 0.3) is 62.6 Å². The van der Waals surface area contributed by atoms with Gasteiger partial charge in [-0.25, -0.2) is 0 Å². The maximum Gasteiger partial charge on any atom is 0.156 e. The maximum atomic E-state index is 7.26. The van der Waals surface area contributed by atoms with Crippen LogP contribution >= 0.6 is 22.7 Å². The average Bonchev–Trinajstić information content (AvgIpc) is 3.99. The zero-order valence-corrected chi connectivity index (χ0v) is 35.9. The third-order valence-corrected chi connectivity index (χ3v) is 15.7. The number of thiophene rings is 2. The van der Waals surface area contributed by atoms with Crippen LogP contribution < -0.4 is 37.0 Å². The number of benzene rings is 9. The first kappa shape index (κ1) is 37.9. The van der Waals surface area contributed by atoms with Crippen molar-refractivity contribution in [1.29, 1.82) is 0 Å². The average molecular weight is 837 g/mol. The fourth-order valence-corrected chi connectivity index (χ4v) is 12.9. The Morgan fingerprint density at radius 3 is 1.73 bits per heavy atom. The Bertz CT molecular complexity index is 3740. The van der Waals surface area contributed by atoms with Crippen LogP contribution in [0, 0.1) is 0 Å². The normalized spacial score (nSPS) is 13.2. The summed E-state index contributed by atoms with van der Waals surface area (Å²) in [6.45, 7) is 0. The summed E-state index contributed by atoms with van der Waals surface area (Å²) in [6.07, 6.45) is 0. The van der Waals surface area contributed by atoms with E-state index < -0.39 is 5.41 Å².